The van der Waals surface area contributed by atoms with Crippen LogP contribution in [0.4, 0.5) is 17.6 Å². The van der Waals surface area contributed by atoms with Crippen molar-refractivity contribution in [3.63, 3.8) is 0 Å². The number of halogens is 4. The molecular weight excluding hydrogens is 496 g/mol. The number of carbonyl (C=O) groups is 1. The van der Waals surface area contributed by atoms with Gasteiger partial charge in [-0.2, -0.15) is 4.39 Å². The average molecular weight is 529 g/mol. The van der Waals surface area contributed by atoms with E-state index in [1.54, 1.807) is 13.0 Å². The Morgan fingerprint density at radius 2 is 1.63 bits per heavy atom. The number of hydrogen-bond acceptors (Lipinski definition) is 3. The van der Waals surface area contributed by atoms with Crippen molar-refractivity contribution < 1.29 is 31.8 Å². The van der Waals surface area contributed by atoms with E-state index in [0.717, 1.165) is 32.1 Å². The summed E-state index contributed by atoms with van der Waals surface area (Å²) >= 11 is 0. The van der Waals surface area contributed by atoms with Crippen LogP contribution in [0.3, 0.4) is 0 Å². The van der Waals surface area contributed by atoms with Gasteiger partial charge >= 0.3 is 5.97 Å². The maximum atomic E-state index is 15.3. The van der Waals surface area contributed by atoms with Gasteiger partial charge in [-0.25, -0.2) is 18.0 Å². The molecule has 0 bridgehead atoms. The van der Waals surface area contributed by atoms with E-state index in [9.17, 15) is 13.6 Å². The predicted octanol–water partition coefficient (Wildman–Crippen LogP) is 8.97. The van der Waals surface area contributed by atoms with Gasteiger partial charge < -0.3 is 9.47 Å². The highest BCUT2D eigenvalue weighted by atomic mass is 19.2. The normalized spacial score (nSPS) is 22.1. The molecule has 1 atom stereocenters. The first-order valence-corrected chi connectivity index (χ1v) is 13.1. The molecule has 2 aliphatic rings. The Bertz CT molecular complexity index is 1250. The number of allylic oxidation sites excluding steroid dienone is 5. The number of carbonyl (C=O) groups excluding carboxylic acids is 1. The lowest BCUT2D eigenvalue weighted by molar-refractivity contribution is 0.0726. The third-order valence-electron chi connectivity index (χ3n) is 7.43. The number of benzene rings is 2. The maximum absolute atomic E-state index is 15.3. The van der Waals surface area contributed by atoms with Gasteiger partial charge in [0.1, 0.15) is 6.10 Å². The van der Waals surface area contributed by atoms with E-state index in [2.05, 4.69) is 13.5 Å². The molecule has 2 fully saturated rings. The molecule has 202 valence electrons. The minimum atomic E-state index is -1.28. The lowest BCUT2D eigenvalue weighted by Gasteiger charge is -2.29. The molecule has 3 nitrogen and oxygen atoms in total. The Hall–Kier alpha value is -3.19. The zero-order chi connectivity index (χ0) is 27.4. The van der Waals surface area contributed by atoms with Crippen molar-refractivity contribution in [3.05, 3.63) is 94.6 Å². The smallest absolute Gasteiger partial charge is 0.343 e. The van der Waals surface area contributed by atoms with Gasteiger partial charge in [-0.1, -0.05) is 44.6 Å². The van der Waals surface area contributed by atoms with Crippen molar-refractivity contribution in [2.75, 3.05) is 6.61 Å². The van der Waals surface area contributed by atoms with Crippen molar-refractivity contribution in [2.45, 2.75) is 58.5 Å². The van der Waals surface area contributed by atoms with Gasteiger partial charge in [0.05, 0.1) is 12.2 Å². The highest BCUT2D eigenvalue weighted by Gasteiger charge is 2.31. The molecule has 0 radical (unpaired) electrons. The van der Waals surface area contributed by atoms with E-state index in [0.29, 0.717) is 18.1 Å². The molecular formula is C31H32F4O3. The topological polar surface area (TPSA) is 38.8 Å². The Labute approximate surface area is 220 Å². The molecule has 7 heteroatoms. The molecule has 1 aliphatic carbocycles. The standard InChI is InChI=1S/C31H32F4O3/c1-4-6-19-7-9-21(10-8-19)23(5-2)28(33)27(32)18(3)20-11-13-22(14-12-20)31(36)38-25-16-15-24(26-17-37-26)29(34)30(25)35/h5,11-16,19,21,26H,3-4,6-10,17H2,1-2H3/b23-5-,28-27-. The van der Waals surface area contributed by atoms with Crippen LogP contribution in [0.1, 0.15) is 80.0 Å². The number of ether oxygens (including phenoxy) is 2. The Kier molecular flexibility index (Phi) is 8.87. The molecule has 0 amide bonds. The predicted molar refractivity (Wildman–Crippen MR) is 139 cm³/mol. The van der Waals surface area contributed by atoms with Crippen molar-refractivity contribution in [3.8, 4) is 5.75 Å². The molecule has 0 N–H and O–H groups in total. The van der Waals surface area contributed by atoms with Crippen LogP contribution in [0.2, 0.25) is 0 Å². The molecule has 38 heavy (non-hydrogen) atoms. The molecule has 1 saturated carbocycles. The van der Waals surface area contributed by atoms with Gasteiger partial charge in [-0.3, -0.25) is 0 Å². The highest BCUT2D eigenvalue weighted by molar-refractivity contribution is 5.91. The minimum absolute atomic E-state index is 0.0267. The Balaban J connectivity index is 1.43. The van der Waals surface area contributed by atoms with E-state index >= 15 is 8.78 Å². The molecule has 2 aromatic carbocycles. The van der Waals surface area contributed by atoms with Crippen LogP contribution in [-0.4, -0.2) is 12.6 Å². The Morgan fingerprint density at radius 3 is 2.21 bits per heavy atom. The molecule has 0 spiro atoms. The van der Waals surface area contributed by atoms with Crippen LogP contribution < -0.4 is 4.74 Å². The second kappa shape index (κ2) is 12.1. The largest absolute Gasteiger partial charge is 0.420 e. The number of epoxide rings is 1. The Morgan fingerprint density at radius 1 is 1.00 bits per heavy atom. The van der Waals surface area contributed by atoms with Crippen LogP contribution in [0.5, 0.6) is 5.75 Å². The van der Waals surface area contributed by atoms with Crippen molar-refractivity contribution in [1.82, 2.24) is 0 Å². The fourth-order valence-corrected chi connectivity index (χ4v) is 5.17. The van der Waals surface area contributed by atoms with E-state index in [1.165, 1.54) is 42.8 Å². The van der Waals surface area contributed by atoms with Crippen molar-refractivity contribution in [2.24, 2.45) is 11.8 Å². The summed E-state index contributed by atoms with van der Waals surface area (Å²) in [7, 11) is 0. The molecule has 1 aliphatic heterocycles. The number of rotatable bonds is 9. The zero-order valence-electron chi connectivity index (χ0n) is 21.7. The van der Waals surface area contributed by atoms with Crippen LogP contribution in [-0.2, 0) is 4.74 Å². The summed E-state index contributed by atoms with van der Waals surface area (Å²) in [6.45, 7) is 7.90. The van der Waals surface area contributed by atoms with E-state index in [4.69, 9.17) is 9.47 Å². The highest BCUT2D eigenvalue weighted by Crippen LogP contribution is 2.40. The maximum Gasteiger partial charge on any atom is 0.343 e. The summed E-state index contributed by atoms with van der Waals surface area (Å²) in [6, 6.07) is 7.95. The van der Waals surface area contributed by atoms with E-state index < -0.39 is 41.1 Å². The third kappa shape index (κ3) is 6.09. The van der Waals surface area contributed by atoms with Crippen LogP contribution in [0.15, 0.2) is 66.3 Å². The summed E-state index contributed by atoms with van der Waals surface area (Å²) in [5.74, 6) is -5.20. The van der Waals surface area contributed by atoms with Crippen molar-refractivity contribution >= 4 is 11.5 Å². The summed E-state index contributed by atoms with van der Waals surface area (Å²) < 4.78 is 69.0. The molecule has 4 rings (SSSR count). The SMILES string of the molecule is C=C(/C(F)=C(F)\C(=C/C)C1CCC(CCC)CC1)c1ccc(C(=O)Oc2ccc(C3CO3)c(F)c2F)cc1. The van der Waals surface area contributed by atoms with Gasteiger partial charge in [0.15, 0.2) is 23.2 Å². The summed E-state index contributed by atoms with van der Waals surface area (Å²) in [5, 5.41) is 0. The lowest BCUT2D eigenvalue weighted by atomic mass is 9.76. The summed E-state index contributed by atoms with van der Waals surface area (Å²) in [4.78, 5) is 12.5. The average Bonchev–Trinajstić information content (AvgIpc) is 3.77. The number of hydrogen-bond donors (Lipinski definition) is 0. The summed E-state index contributed by atoms with van der Waals surface area (Å²) in [6.07, 6.45) is 7.13. The van der Waals surface area contributed by atoms with Crippen LogP contribution in [0.25, 0.3) is 5.57 Å². The molecule has 1 saturated heterocycles. The van der Waals surface area contributed by atoms with Gasteiger partial charge in [0.25, 0.3) is 0 Å². The molecule has 2 aromatic rings. The van der Waals surface area contributed by atoms with Gasteiger partial charge in [-0.05, 0) is 79.8 Å². The third-order valence-corrected chi connectivity index (χ3v) is 7.43. The van der Waals surface area contributed by atoms with Crippen LogP contribution >= 0.6 is 0 Å². The lowest BCUT2D eigenvalue weighted by Crippen LogP contribution is -2.17. The fraction of sp³-hybridized carbons (Fsp3) is 0.387. The molecule has 0 aromatic heterocycles. The fourth-order valence-electron chi connectivity index (χ4n) is 5.17. The monoisotopic (exact) mass is 528 g/mol. The molecule has 1 heterocycles. The summed E-state index contributed by atoms with van der Waals surface area (Å²) in [5.41, 5.74) is 0.596. The van der Waals surface area contributed by atoms with Gasteiger partial charge in [0, 0.05) is 11.1 Å². The second-order valence-electron chi connectivity index (χ2n) is 9.93. The first-order valence-electron chi connectivity index (χ1n) is 13.1. The molecule has 1 unspecified atom stereocenters. The zero-order valence-corrected chi connectivity index (χ0v) is 21.7. The first kappa shape index (κ1) is 27.8. The second-order valence-corrected chi connectivity index (χ2v) is 9.93. The van der Waals surface area contributed by atoms with Crippen molar-refractivity contribution in [1.29, 1.82) is 0 Å². The van der Waals surface area contributed by atoms with E-state index in [-0.39, 0.29) is 28.2 Å². The minimum Gasteiger partial charge on any atom is -0.420 e. The quantitative estimate of drug-likeness (QED) is 0.107. The van der Waals surface area contributed by atoms with Gasteiger partial charge in [-0.15, -0.1) is 0 Å². The number of esters is 1. The van der Waals surface area contributed by atoms with E-state index in [1.807, 2.05) is 0 Å². The first-order chi connectivity index (χ1) is 18.2. The van der Waals surface area contributed by atoms with Crippen LogP contribution in [0, 0.1) is 23.5 Å². The van der Waals surface area contributed by atoms with Gasteiger partial charge in [0.2, 0.25) is 5.82 Å².